The first-order chi connectivity index (χ1) is 7.34. The highest BCUT2D eigenvalue weighted by atomic mass is 19.3. The Bertz CT molecular complexity index is 462. The first-order valence-corrected chi connectivity index (χ1v) is 4.08. The lowest BCUT2D eigenvalue weighted by Gasteiger charge is -2.05. The Morgan fingerprint density at radius 1 is 1.62 bits per heavy atom. The molecule has 0 spiro atoms. The average Bonchev–Trinajstić information content (AvgIpc) is 2.15. The number of carbonyl (C=O) groups excluding carboxylic acids is 1. The fourth-order valence-electron chi connectivity index (χ4n) is 1.22. The van der Waals surface area contributed by atoms with E-state index in [0.717, 1.165) is 6.92 Å². The fraction of sp³-hybridized carbons (Fsp3) is 0.250. The zero-order chi connectivity index (χ0) is 12.5. The monoisotopic (exact) mass is 231 g/mol. The van der Waals surface area contributed by atoms with E-state index in [-0.39, 0.29) is 5.69 Å². The van der Waals surface area contributed by atoms with Crippen molar-refractivity contribution in [2.45, 2.75) is 13.3 Å². The van der Waals surface area contributed by atoms with Crippen LogP contribution in [0.25, 0.3) is 0 Å². The molecule has 0 atom stereocenters. The molecule has 1 aromatic rings. The Hall–Kier alpha value is -2.12. The maximum absolute atomic E-state index is 12.5. The number of alkyl halides is 2. The second kappa shape index (κ2) is 4.17. The topological polar surface area (TPSA) is 99.1 Å². The lowest BCUT2D eigenvalue weighted by molar-refractivity contribution is -0.387. The summed E-state index contributed by atoms with van der Waals surface area (Å²) in [4.78, 5) is 23.8. The molecule has 86 valence electrons. The van der Waals surface area contributed by atoms with Crippen molar-refractivity contribution in [3.05, 3.63) is 33.1 Å². The quantitative estimate of drug-likeness (QED) is 0.626. The van der Waals surface area contributed by atoms with E-state index in [2.05, 4.69) is 4.98 Å². The summed E-state index contributed by atoms with van der Waals surface area (Å²) in [6.07, 6.45) is -3.07. The number of rotatable bonds is 3. The molecule has 2 N–H and O–H groups in total. The van der Waals surface area contributed by atoms with Crippen molar-refractivity contribution in [2.75, 3.05) is 0 Å². The SMILES string of the molecule is Cc1nc(C(N)=O)cc(C(F)F)c1[N+](=O)[O-]. The molecule has 1 heterocycles. The summed E-state index contributed by atoms with van der Waals surface area (Å²) < 4.78 is 25.1. The standard InChI is InChI=1S/C8H7F2N3O3/c1-3-6(13(15)16)4(7(9)10)2-5(12-3)8(11)14/h2,7H,1H3,(H2,11,14). The molecule has 8 heteroatoms. The molecule has 0 saturated heterocycles. The molecule has 0 bridgehead atoms. The lowest BCUT2D eigenvalue weighted by atomic mass is 10.1. The number of pyridine rings is 1. The molecule has 6 nitrogen and oxygen atoms in total. The molecule has 1 amide bonds. The fourth-order valence-corrected chi connectivity index (χ4v) is 1.22. The number of nitro groups is 1. The molecule has 0 aliphatic heterocycles. The van der Waals surface area contributed by atoms with Crippen LogP contribution in [0.1, 0.15) is 28.2 Å². The van der Waals surface area contributed by atoms with Gasteiger partial charge >= 0.3 is 0 Å². The number of halogens is 2. The van der Waals surface area contributed by atoms with Crippen LogP contribution in [0.3, 0.4) is 0 Å². The van der Waals surface area contributed by atoms with Crippen LogP contribution in [0.5, 0.6) is 0 Å². The van der Waals surface area contributed by atoms with Crippen molar-refractivity contribution in [2.24, 2.45) is 5.73 Å². The molecule has 1 rings (SSSR count). The molecule has 0 fully saturated rings. The molecule has 0 radical (unpaired) electrons. The molecular weight excluding hydrogens is 224 g/mol. The van der Waals surface area contributed by atoms with Crippen LogP contribution >= 0.6 is 0 Å². The third-order valence-electron chi connectivity index (χ3n) is 1.87. The van der Waals surface area contributed by atoms with E-state index in [1.54, 1.807) is 0 Å². The minimum Gasteiger partial charge on any atom is -0.364 e. The van der Waals surface area contributed by atoms with Gasteiger partial charge in [0.2, 0.25) is 0 Å². The molecule has 16 heavy (non-hydrogen) atoms. The van der Waals surface area contributed by atoms with Crippen LogP contribution < -0.4 is 5.73 Å². The highest BCUT2D eigenvalue weighted by molar-refractivity contribution is 5.91. The third-order valence-corrected chi connectivity index (χ3v) is 1.87. The maximum Gasteiger partial charge on any atom is 0.299 e. The van der Waals surface area contributed by atoms with Crippen molar-refractivity contribution in [3.8, 4) is 0 Å². The summed E-state index contributed by atoms with van der Waals surface area (Å²) in [6.45, 7) is 1.16. The first-order valence-electron chi connectivity index (χ1n) is 4.08. The van der Waals surface area contributed by atoms with Gasteiger partial charge in [-0.3, -0.25) is 14.9 Å². The Morgan fingerprint density at radius 3 is 2.56 bits per heavy atom. The van der Waals surface area contributed by atoms with E-state index >= 15 is 0 Å². The Kier molecular flexibility index (Phi) is 3.11. The maximum atomic E-state index is 12.5. The Morgan fingerprint density at radius 2 is 2.19 bits per heavy atom. The van der Waals surface area contributed by atoms with Crippen LogP contribution in [0.2, 0.25) is 0 Å². The number of amides is 1. The van der Waals surface area contributed by atoms with E-state index in [1.165, 1.54) is 0 Å². The number of nitrogens with two attached hydrogens (primary N) is 1. The molecular formula is C8H7F2N3O3. The van der Waals surface area contributed by atoms with Gasteiger partial charge in [-0.2, -0.15) is 0 Å². The molecule has 1 aromatic heterocycles. The van der Waals surface area contributed by atoms with Crippen LogP contribution in [0.15, 0.2) is 6.07 Å². The first kappa shape index (κ1) is 12.0. The highest BCUT2D eigenvalue weighted by Crippen LogP contribution is 2.31. The van der Waals surface area contributed by atoms with Gasteiger partial charge in [0.15, 0.2) is 0 Å². The van der Waals surface area contributed by atoms with Crippen molar-refractivity contribution in [3.63, 3.8) is 0 Å². The summed E-state index contributed by atoms with van der Waals surface area (Å²) >= 11 is 0. The van der Waals surface area contributed by atoms with E-state index in [1.807, 2.05) is 0 Å². The van der Waals surface area contributed by atoms with Gasteiger partial charge in [-0.1, -0.05) is 0 Å². The van der Waals surface area contributed by atoms with E-state index in [0.29, 0.717) is 6.07 Å². The van der Waals surface area contributed by atoms with Crippen molar-refractivity contribution >= 4 is 11.6 Å². The summed E-state index contributed by atoms with van der Waals surface area (Å²) in [5, 5.41) is 10.5. The van der Waals surface area contributed by atoms with Gasteiger partial charge in [0.25, 0.3) is 18.0 Å². The molecule has 0 aliphatic rings. The van der Waals surface area contributed by atoms with Crippen LogP contribution in [0, 0.1) is 17.0 Å². The largest absolute Gasteiger partial charge is 0.364 e. The van der Waals surface area contributed by atoms with Crippen molar-refractivity contribution in [1.82, 2.24) is 4.98 Å². The normalized spacial score (nSPS) is 10.5. The van der Waals surface area contributed by atoms with Gasteiger partial charge in [-0.05, 0) is 13.0 Å². The number of nitrogens with zero attached hydrogens (tertiary/aromatic N) is 2. The molecule has 0 aliphatic carbocycles. The molecule has 0 aromatic carbocycles. The average molecular weight is 231 g/mol. The smallest absolute Gasteiger partial charge is 0.299 e. The minimum atomic E-state index is -3.07. The number of carbonyl (C=O) groups is 1. The molecule has 0 saturated carbocycles. The summed E-state index contributed by atoms with van der Waals surface area (Å²) in [5.41, 5.74) is 2.53. The summed E-state index contributed by atoms with van der Waals surface area (Å²) in [7, 11) is 0. The highest BCUT2D eigenvalue weighted by Gasteiger charge is 2.27. The predicted molar refractivity (Wildman–Crippen MR) is 49.1 cm³/mol. The number of primary amides is 1. The number of aromatic nitrogens is 1. The second-order valence-electron chi connectivity index (χ2n) is 2.95. The second-order valence-corrected chi connectivity index (χ2v) is 2.95. The third kappa shape index (κ3) is 2.10. The van der Waals surface area contributed by atoms with Crippen LogP contribution in [-0.2, 0) is 0 Å². The number of hydrogen-bond acceptors (Lipinski definition) is 4. The van der Waals surface area contributed by atoms with Crippen molar-refractivity contribution < 1.29 is 18.5 Å². The van der Waals surface area contributed by atoms with Gasteiger partial charge in [0, 0.05) is 0 Å². The predicted octanol–water partition coefficient (Wildman–Crippen LogP) is 1.33. The zero-order valence-corrected chi connectivity index (χ0v) is 8.11. The minimum absolute atomic E-state index is 0.267. The van der Waals surface area contributed by atoms with Gasteiger partial charge in [0.1, 0.15) is 11.4 Å². The summed E-state index contributed by atoms with van der Waals surface area (Å²) in [5.74, 6) is -1.01. The Labute approximate surface area is 88.2 Å². The van der Waals surface area contributed by atoms with Gasteiger partial charge in [-0.25, -0.2) is 13.8 Å². The lowest BCUT2D eigenvalue weighted by Crippen LogP contribution is -2.15. The van der Waals surface area contributed by atoms with Crippen molar-refractivity contribution in [1.29, 1.82) is 0 Å². The number of aryl methyl sites for hydroxylation is 1. The van der Waals surface area contributed by atoms with Crippen LogP contribution in [-0.4, -0.2) is 15.8 Å². The zero-order valence-electron chi connectivity index (χ0n) is 8.11. The number of hydrogen-bond donors (Lipinski definition) is 1. The summed E-state index contributed by atoms with van der Waals surface area (Å²) in [6, 6.07) is 0.637. The Balaban J connectivity index is 3.51. The molecule has 0 unspecified atom stereocenters. The van der Waals surface area contributed by atoms with Gasteiger partial charge in [-0.15, -0.1) is 0 Å². The van der Waals surface area contributed by atoms with Gasteiger partial charge < -0.3 is 5.73 Å². The van der Waals surface area contributed by atoms with E-state index < -0.39 is 34.2 Å². The van der Waals surface area contributed by atoms with Gasteiger partial charge in [0.05, 0.1) is 10.5 Å². The van der Waals surface area contributed by atoms with E-state index in [4.69, 9.17) is 5.73 Å². The van der Waals surface area contributed by atoms with E-state index in [9.17, 15) is 23.7 Å². The van der Waals surface area contributed by atoms with Crippen LogP contribution in [0.4, 0.5) is 14.5 Å².